The molecule has 3 heteroatoms. The molecule has 2 heterocycles. The molecule has 0 aliphatic rings. The average Bonchev–Trinajstić information content (AvgIpc) is 2.59. The van der Waals surface area contributed by atoms with Crippen molar-refractivity contribution in [2.45, 2.75) is 19.8 Å². The summed E-state index contributed by atoms with van der Waals surface area (Å²) in [6.07, 6.45) is 3.54. The van der Waals surface area contributed by atoms with Crippen LogP contribution >= 0.6 is 0 Å². The molecule has 0 amide bonds. The molecule has 0 saturated heterocycles. The fraction of sp³-hybridized carbons (Fsp3) is 0.250. The molecule has 0 saturated carbocycles. The van der Waals surface area contributed by atoms with Crippen molar-refractivity contribution in [2.75, 3.05) is 0 Å². The molecule has 0 aliphatic heterocycles. The van der Waals surface area contributed by atoms with Gasteiger partial charge in [0.2, 0.25) is 0 Å². The molecule has 0 aromatic carbocycles. The molecule has 3 nitrogen and oxygen atoms in total. The van der Waals surface area contributed by atoms with E-state index in [1.807, 2.05) is 22.7 Å². The fourth-order valence-corrected chi connectivity index (χ4v) is 1.57. The fourth-order valence-electron chi connectivity index (χ4n) is 1.57. The van der Waals surface area contributed by atoms with Gasteiger partial charge in [0.05, 0.1) is 6.20 Å². The largest absolute Gasteiger partial charge is 0.506 e. The molecule has 0 radical (unpaired) electrons. The maximum atomic E-state index is 9.33. The highest BCUT2D eigenvalue weighted by Crippen LogP contribution is 2.18. The number of pyridine rings is 1. The van der Waals surface area contributed by atoms with Crippen molar-refractivity contribution in [3.8, 4) is 0 Å². The molecule has 0 unspecified atom stereocenters. The standard InChI is InChI=1S/C12H14N2O/c1-8(2)10-4-5-14-11(9(3)15)7-13-12(14)6-10/h4-8,15H,3H2,1-2H3. The molecule has 0 bridgehead atoms. The van der Waals surface area contributed by atoms with Crippen molar-refractivity contribution in [1.82, 2.24) is 9.38 Å². The SMILES string of the molecule is C=C(O)c1cnc2cc(C(C)C)ccn12. The van der Waals surface area contributed by atoms with Crippen LogP contribution in [0.1, 0.15) is 31.0 Å². The van der Waals surface area contributed by atoms with Crippen molar-refractivity contribution in [2.24, 2.45) is 0 Å². The Hall–Kier alpha value is -1.77. The minimum atomic E-state index is 0.0415. The van der Waals surface area contributed by atoms with Crippen LogP contribution < -0.4 is 0 Å². The second-order valence-corrected chi connectivity index (χ2v) is 3.93. The Labute approximate surface area is 88.7 Å². The highest BCUT2D eigenvalue weighted by molar-refractivity contribution is 5.57. The Kier molecular flexibility index (Phi) is 2.23. The molecule has 0 atom stereocenters. The lowest BCUT2D eigenvalue weighted by Gasteiger charge is -2.06. The number of nitrogens with zero attached hydrogens (tertiary/aromatic N) is 2. The van der Waals surface area contributed by atoms with E-state index in [1.165, 1.54) is 5.56 Å². The Morgan fingerprint density at radius 1 is 1.53 bits per heavy atom. The molecule has 0 fully saturated rings. The van der Waals surface area contributed by atoms with E-state index in [2.05, 4.69) is 25.4 Å². The summed E-state index contributed by atoms with van der Waals surface area (Å²) in [7, 11) is 0. The van der Waals surface area contributed by atoms with Crippen LogP contribution in [0.25, 0.3) is 11.4 Å². The molecule has 2 rings (SSSR count). The van der Waals surface area contributed by atoms with E-state index < -0.39 is 0 Å². The number of aliphatic hydroxyl groups is 1. The summed E-state index contributed by atoms with van der Waals surface area (Å²) >= 11 is 0. The van der Waals surface area contributed by atoms with E-state index >= 15 is 0 Å². The summed E-state index contributed by atoms with van der Waals surface area (Å²) in [5.74, 6) is 0.521. The maximum absolute atomic E-state index is 9.33. The number of aliphatic hydroxyl groups excluding tert-OH is 1. The van der Waals surface area contributed by atoms with Crippen LogP contribution in [0.15, 0.2) is 31.1 Å². The molecular formula is C12H14N2O. The quantitative estimate of drug-likeness (QED) is 0.760. The van der Waals surface area contributed by atoms with Gasteiger partial charge in [-0.05, 0) is 23.6 Å². The van der Waals surface area contributed by atoms with Gasteiger partial charge in [0.1, 0.15) is 17.1 Å². The third-order valence-corrected chi connectivity index (χ3v) is 2.50. The van der Waals surface area contributed by atoms with Gasteiger partial charge in [-0.25, -0.2) is 4.98 Å². The first-order chi connectivity index (χ1) is 7.09. The second-order valence-electron chi connectivity index (χ2n) is 3.93. The molecule has 2 aromatic heterocycles. The van der Waals surface area contributed by atoms with Crippen molar-refractivity contribution < 1.29 is 5.11 Å². The van der Waals surface area contributed by atoms with Crippen LogP contribution in [0.4, 0.5) is 0 Å². The van der Waals surface area contributed by atoms with Crippen molar-refractivity contribution in [1.29, 1.82) is 0 Å². The summed E-state index contributed by atoms with van der Waals surface area (Å²) in [5, 5.41) is 9.33. The number of aromatic nitrogens is 2. The highest BCUT2D eigenvalue weighted by atomic mass is 16.3. The van der Waals surface area contributed by atoms with Crippen LogP contribution in [-0.2, 0) is 0 Å². The topological polar surface area (TPSA) is 37.5 Å². The smallest absolute Gasteiger partial charge is 0.137 e. The maximum Gasteiger partial charge on any atom is 0.137 e. The third-order valence-electron chi connectivity index (χ3n) is 2.50. The predicted octanol–water partition coefficient (Wildman–Crippen LogP) is 2.99. The van der Waals surface area contributed by atoms with Gasteiger partial charge < -0.3 is 5.11 Å². The van der Waals surface area contributed by atoms with E-state index in [-0.39, 0.29) is 5.76 Å². The van der Waals surface area contributed by atoms with Gasteiger partial charge in [0.15, 0.2) is 0 Å². The number of fused-ring (bicyclic) bond motifs is 1. The van der Waals surface area contributed by atoms with Crippen molar-refractivity contribution in [3.05, 3.63) is 42.4 Å². The summed E-state index contributed by atoms with van der Waals surface area (Å²) in [6.45, 7) is 7.78. The average molecular weight is 202 g/mol. The van der Waals surface area contributed by atoms with Gasteiger partial charge in [-0.15, -0.1) is 0 Å². The summed E-state index contributed by atoms with van der Waals surface area (Å²) in [4.78, 5) is 4.23. The normalized spacial score (nSPS) is 11.1. The molecule has 78 valence electrons. The molecular weight excluding hydrogens is 188 g/mol. The van der Waals surface area contributed by atoms with Gasteiger partial charge >= 0.3 is 0 Å². The first kappa shape index (κ1) is 9.77. The van der Waals surface area contributed by atoms with Gasteiger partial charge in [-0.3, -0.25) is 4.40 Å². The van der Waals surface area contributed by atoms with Crippen molar-refractivity contribution >= 4 is 11.4 Å². The van der Waals surface area contributed by atoms with Gasteiger partial charge in [-0.2, -0.15) is 0 Å². The van der Waals surface area contributed by atoms with Crippen LogP contribution in [0, 0.1) is 0 Å². The summed E-state index contributed by atoms with van der Waals surface area (Å²) in [5.41, 5.74) is 2.72. The van der Waals surface area contributed by atoms with Crippen molar-refractivity contribution in [3.63, 3.8) is 0 Å². The first-order valence-electron chi connectivity index (χ1n) is 4.95. The summed E-state index contributed by atoms with van der Waals surface area (Å²) < 4.78 is 1.83. The Morgan fingerprint density at radius 2 is 2.27 bits per heavy atom. The van der Waals surface area contributed by atoms with Gasteiger partial charge in [0, 0.05) is 6.20 Å². The predicted molar refractivity (Wildman–Crippen MR) is 60.9 cm³/mol. The molecule has 2 aromatic rings. The Morgan fingerprint density at radius 3 is 2.87 bits per heavy atom. The molecule has 0 aliphatic carbocycles. The highest BCUT2D eigenvalue weighted by Gasteiger charge is 2.07. The van der Waals surface area contributed by atoms with E-state index in [9.17, 15) is 5.11 Å². The zero-order valence-electron chi connectivity index (χ0n) is 8.94. The monoisotopic (exact) mass is 202 g/mol. The summed E-state index contributed by atoms with van der Waals surface area (Å²) in [6, 6.07) is 4.06. The van der Waals surface area contributed by atoms with Crippen LogP contribution in [0.3, 0.4) is 0 Å². The Balaban J connectivity index is 2.61. The Bertz CT molecular complexity index is 511. The van der Waals surface area contributed by atoms with E-state index in [0.717, 1.165) is 5.65 Å². The lowest BCUT2D eigenvalue weighted by atomic mass is 10.1. The van der Waals surface area contributed by atoms with Crippen LogP contribution in [0.5, 0.6) is 0 Å². The zero-order chi connectivity index (χ0) is 11.0. The minimum Gasteiger partial charge on any atom is -0.506 e. The number of hydrogen-bond acceptors (Lipinski definition) is 2. The van der Waals surface area contributed by atoms with E-state index in [0.29, 0.717) is 11.6 Å². The van der Waals surface area contributed by atoms with E-state index in [4.69, 9.17) is 0 Å². The molecule has 1 N–H and O–H groups in total. The molecule has 15 heavy (non-hydrogen) atoms. The number of rotatable bonds is 2. The number of imidazole rings is 1. The lowest BCUT2D eigenvalue weighted by Crippen LogP contribution is -1.94. The number of hydrogen-bond donors (Lipinski definition) is 1. The van der Waals surface area contributed by atoms with Crippen LogP contribution in [0.2, 0.25) is 0 Å². The van der Waals surface area contributed by atoms with Gasteiger partial charge in [0.25, 0.3) is 0 Å². The minimum absolute atomic E-state index is 0.0415. The lowest BCUT2D eigenvalue weighted by molar-refractivity contribution is 0.509. The third kappa shape index (κ3) is 1.61. The van der Waals surface area contributed by atoms with Gasteiger partial charge in [-0.1, -0.05) is 20.4 Å². The first-order valence-corrected chi connectivity index (χ1v) is 4.95. The van der Waals surface area contributed by atoms with E-state index in [1.54, 1.807) is 6.20 Å². The van der Waals surface area contributed by atoms with Crippen LogP contribution in [-0.4, -0.2) is 14.5 Å². The molecule has 0 spiro atoms. The second kappa shape index (κ2) is 3.42. The zero-order valence-corrected chi connectivity index (χ0v) is 8.94.